The van der Waals surface area contributed by atoms with Crippen molar-refractivity contribution in [3.05, 3.63) is 58.4 Å². The monoisotopic (exact) mass is 382 g/mol. The average molecular weight is 382 g/mol. The zero-order valence-corrected chi connectivity index (χ0v) is 15.5. The number of hydrogen-bond donors (Lipinski definition) is 2. The molecule has 1 saturated carbocycles. The normalized spacial score (nSPS) is 13.5. The maximum Gasteiger partial charge on any atom is 0.355 e. The molecule has 2 aromatic heterocycles. The number of benzene rings is 1. The fourth-order valence-electron chi connectivity index (χ4n) is 3.06. The molecule has 1 fully saturated rings. The van der Waals surface area contributed by atoms with Crippen LogP contribution >= 0.6 is 11.3 Å². The average Bonchev–Trinajstić information content (AvgIpc) is 3.22. The van der Waals surface area contributed by atoms with Crippen LogP contribution in [0.2, 0.25) is 0 Å². The lowest BCUT2D eigenvalue weighted by molar-refractivity contribution is 0.0691. The molecular formula is C19H18N4O3S. The largest absolute Gasteiger partial charge is 0.476 e. The van der Waals surface area contributed by atoms with Gasteiger partial charge < -0.3 is 10.4 Å². The molecule has 8 heteroatoms. The van der Waals surface area contributed by atoms with Gasteiger partial charge in [-0.3, -0.25) is 9.48 Å². The van der Waals surface area contributed by atoms with Gasteiger partial charge in [0.05, 0.1) is 17.5 Å². The number of carboxylic acid groups (broad SMARTS) is 1. The highest BCUT2D eigenvalue weighted by molar-refractivity contribution is 7.13. The molecule has 138 valence electrons. The van der Waals surface area contributed by atoms with E-state index in [1.807, 2.05) is 31.3 Å². The molecule has 7 nitrogen and oxygen atoms in total. The van der Waals surface area contributed by atoms with E-state index < -0.39 is 5.97 Å². The van der Waals surface area contributed by atoms with Gasteiger partial charge in [0, 0.05) is 30.5 Å². The van der Waals surface area contributed by atoms with Crippen molar-refractivity contribution in [1.29, 1.82) is 0 Å². The quantitative estimate of drug-likeness (QED) is 0.683. The van der Waals surface area contributed by atoms with Gasteiger partial charge in [-0.1, -0.05) is 18.2 Å². The van der Waals surface area contributed by atoms with Gasteiger partial charge in [-0.05, 0) is 24.5 Å². The Bertz CT molecular complexity index is 1020. The molecule has 0 atom stereocenters. The van der Waals surface area contributed by atoms with Crippen LogP contribution in [0.15, 0.2) is 35.8 Å². The highest BCUT2D eigenvalue weighted by Crippen LogP contribution is 2.41. The number of aromatic nitrogens is 3. The lowest BCUT2D eigenvalue weighted by atomic mass is 10.1. The van der Waals surface area contributed by atoms with E-state index in [9.17, 15) is 9.59 Å². The first kappa shape index (κ1) is 17.4. The van der Waals surface area contributed by atoms with E-state index >= 15 is 0 Å². The molecule has 1 aromatic carbocycles. The summed E-state index contributed by atoms with van der Waals surface area (Å²) in [4.78, 5) is 27.7. The second-order valence-corrected chi connectivity index (χ2v) is 7.43. The summed E-state index contributed by atoms with van der Waals surface area (Å²) in [6, 6.07) is 7.58. The third-order valence-corrected chi connectivity index (χ3v) is 5.43. The van der Waals surface area contributed by atoms with Crippen LogP contribution in [-0.2, 0) is 13.6 Å². The molecule has 4 rings (SSSR count). The predicted octanol–water partition coefficient (Wildman–Crippen LogP) is 3.05. The van der Waals surface area contributed by atoms with Crippen molar-refractivity contribution >= 4 is 23.2 Å². The van der Waals surface area contributed by atoms with E-state index in [0.29, 0.717) is 23.0 Å². The van der Waals surface area contributed by atoms with Crippen molar-refractivity contribution in [3.63, 3.8) is 0 Å². The van der Waals surface area contributed by atoms with Gasteiger partial charge in [-0.2, -0.15) is 5.10 Å². The maximum absolute atomic E-state index is 12.6. The van der Waals surface area contributed by atoms with Crippen LogP contribution in [0.1, 0.15) is 50.9 Å². The molecule has 3 aromatic rings. The molecule has 0 radical (unpaired) electrons. The molecule has 1 aliphatic carbocycles. The molecule has 1 aliphatic rings. The molecular weight excluding hydrogens is 364 g/mol. The number of nitrogens with one attached hydrogen (secondary N) is 1. The van der Waals surface area contributed by atoms with E-state index in [1.165, 1.54) is 16.7 Å². The SMILES string of the molecule is Cn1ncc(C(=O)NCc2cccc(-c3nc(C(=O)O)cs3)c2)c1C1CC1. The van der Waals surface area contributed by atoms with Gasteiger partial charge in [-0.25, -0.2) is 9.78 Å². The van der Waals surface area contributed by atoms with E-state index in [1.54, 1.807) is 10.9 Å². The Kier molecular flexibility index (Phi) is 4.49. The molecule has 0 aliphatic heterocycles. The van der Waals surface area contributed by atoms with Crippen molar-refractivity contribution in [2.45, 2.75) is 25.3 Å². The van der Waals surface area contributed by atoms with Crippen molar-refractivity contribution in [2.24, 2.45) is 7.05 Å². The Morgan fingerprint density at radius 2 is 2.19 bits per heavy atom. The van der Waals surface area contributed by atoms with E-state index in [-0.39, 0.29) is 11.6 Å². The second-order valence-electron chi connectivity index (χ2n) is 6.57. The summed E-state index contributed by atoms with van der Waals surface area (Å²) in [5, 5.41) is 18.4. The topological polar surface area (TPSA) is 97.1 Å². The number of thiazole rings is 1. The molecule has 0 bridgehead atoms. The Hall–Kier alpha value is -3.00. The van der Waals surface area contributed by atoms with Gasteiger partial charge in [0.2, 0.25) is 0 Å². The van der Waals surface area contributed by atoms with Crippen molar-refractivity contribution in [3.8, 4) is 10.6 Å². The van der Waals surface area contributed by atoms with Crippen LogP contribution < -0.4 is 5.32 Å². The first-order valence-corrected chi connectivity index (χ1v) is 9.49. The zero-order valence-electron chi connectivity index (χ0n) is 14.7. The fourth-order valence-corrected chi connectivity index (χ4v) is 3.85. The van der Waals surface area contributed by atoms with Crippen molar-refractivity contribution in [2.75, 3.05) is 0 Å². The Morgan fingerprint density at radius 1 is 1.37 bits per heavy atom. The van der Waals surface area contributed by atoms with Gasteiger partial charge >= 0.3 is 5.97 Å². The number of carbonyl (C=O) groups is 2. The van der Waals surface area contributed by atoms with Crippen LogP contribution in [0.3, 0.4) is 0 Å². The molecule has 27 heavy (non-hydrogen) atoms. The summed E-state index contributed by atoms with van der Waals surface area (Å²) in [6.07, 6.45) is 3.84. The predicted molar refractivity (Wildman–Crippen MR) is 101 cm³/mol. The third kappa shape index (κ3) is 3.61. The molecule has 2 N–H and O–H groups in total. The first-order chi connectivity index (χ1) is 13.0. The smallest absolute Gasteiger partial charge is 0.355 e. The van der Waals surface area contributed by atoms with Crippen LogP contribution in [0.25, 0.3) is 10.6 Å². The fraction of sp³-hybridized carbons (Fsp3) is 0.263. The summed E-state index contributed by atoms with van der Waals surface area (Å²) in [5.41, 5.74) is 3.44. The summed E-state index contributed by atoms with van der Waals surface area (Å²) in [5.74, 6) is -0.725. The van der Waals surface area contributed by atoms with Crippen LogP contribution in [0, 0.1) is 0 Å². The number of carboxylic acids is 1. The van der Waals surface area contributed by atoms with Crippen LogP contribution in [0.5, 0.6) is 0 Å². The Balaban J connectivity index is 1.47. The zero-order chi connectivity index (χ0) is 19.0. The number of hydrogen-bond acceptors (Lipinski definition) is 5. The van der Waals surface area contributed by atoms with E-state index in [0.717, 1.165) is 29.7 Å². The van der Waals surface area contributed by atoms with Gasteiger partial charge in [0.15, 0.2) is 5.69 Å². The molecule has 1 amide bonds. The second kappa shape index (κ2) is 6.96. The minimum atomic E-state index is -1.04. The lowest BCUT2D eigenvalue weighted by Crippen LogP contribution is -2.23. The standard InChI is InChI=1S/C19H18N4O3S/c1-23-16(12-5-6-12)14(9-21-23)17(24)20-8-11-3-2-4-13(7-11)18-22-15(10-27-18)19(25)26/h2-4,7,9-10,12H,5-6,8H2,1H3,(H,20,24)(H,25,26). The minimum Gasteiger partial charge on any atom is -0.476 e. The molecule has 0 saturated heterocycles. The van der Waals surface area contributed by atoms with Gasteiger partial charge in [0.1, 0.15) is 5.01 Å². The Morgan fingerprint density at radius 3 is 2.89 bits per heavy atom. The summed E-state index contributed by atoms with van der Waals surface area (Å²) < 4.78 is 1.79. The Labute approximate surface area is 159 Å². The lowest BCUT2D eigenvalue weighted by Gasteiger charge is -2.08. The van der Waals surface area contributed by atoms with E-state index in [2.05, 4.69) is 15.4 Å². The minimum absolute atomic E-state index is 0.0397. The van der Waals surface area contributed by atoms with Crippen LogP contribution in [0.4, 0.5) is 0 Å². The van der Waals surface area contributed by atoms with Crippen molar-refractivity contribution < 1.29 is 14.7 Å². The summed E-state index contributed by atoms with van der Waals surface area (Å²) in [6.45, 7) is 0.378. The molecule has 2 heterocycles. The van der Waals surface area contributed by atoms with Crippen LogP contribution in [-0.4, -0.2) is 31.7 Å². The maximum atomic E-state index is 12.6. The number of aromatic carboxylic acids is 1. The first-order valence-electron chi connectivity index (χ1n) is 8.61. The number of aryl methyl sites for hydroxylation is 1. The van der Waals surface area contributed by atoms with Gasteiger partial charge in [0.25, 0.3) is 5.91 Å². The number of carbonyl (C=O) groups excluding carboxylic acids is 1. The summed E-state index contributed by atoms with van der Waals surface area (Å²) >= 11 is 1.29. The summed E-state index contributed by atoms with van der Waals surface area (Å²) in [7, 11) is 1.87. The molecule has 0 unspecified atom stereocenters. The highest BCUT2D eigenvalue weighted by atomic mass is 32.1. The number of rotatable bonds is 6. The van der Waals surface area contributed by atoms with Crippen molar-refractivity contribution in [1.82, 2.24) is 20.1 Å². The number of amides is 1. The number of nitrogens with zero attached hydrogens (tertiary/aromatic N) is 3. The highest BCUT2D eigenvalue weighted by Gasteiger charge is 2.31. The molecule has 0 spiro atoms. The van der Waals surface area contributed by atoms with Gasteiger partial charge in [-0.15, -0.1) is 11.3 Å². The van der Waals surface area contributed by atoms with E-state index in [4.69, 9.17) is 5.11 Å². The third-order valence-electron chi connectivity index (χ3n) is 4.54.